The van der Waals surface area contributed by atoms with Crippen molar-refractivity contribution in [2.75, 3.05) is 0 Å². The van der Waals surface area contributed by atoms with Gasteiger partial charge in [0.2, 0.25) is 0 Å². The topological polar surface area (TPSA) is 59.1 Å². The Morgan fingerprint density at radius 1 is 1.12 bits per heavy atom. The molecule has 0 radical (unpaired) electrons. The van der Waals surface area contributed by atoms with E-state index in [1.165, 1.54) is 18.2 Å². The summed E-state index contributed by atoms with van der Waals surface area (Å²) in [5, 5.41) is 7.37. The van der Waals surface area contributed by atoms with E-state index in [0.29, 0.717) is 11.5 Å². The van der Waals surface area contributed by atoms with Gasteiger partial charge in [0.15, 0.2) is 0 Å². The highest BCUT2D eigenvalue weighted by Gasteiger charge is 2.08. The molecule has 3 N–H and O–H groups in total. The maximum Gasteiger partial charge on any atom is 0.138 e. The maximum atomic E-state index is 13.0. The molecule has 17 heavy (non-hydrogen) atoms. The number of ether oxygens (including phenoxy) is 1. The van der Waals surface area contributed by atoms with Crippen molar-refractivity contribution in [2.45, 2.75) is 0 Å². The minimum Gasteiger partial charge on any atom is -0.457 e. The number of halogens is 1. The number of benzene rings is 2. The maximum absolute atomic E-state index is 13.0. The molecule has 0 heterocycles. The van der Waals surface area contributed by atoms with E-state index in [4.69, 9.17) is 15.9 Å². The van der Waals surface area contributed by atoms with Crippen LogP contribution in [0.15, 0.2) is 48.5 Å². The lowest BCUT2D eigenvalue weighted by atomic mass is 10.2. The predicted octanol–water partition coefficient (Wildman–Crippen LogP) is 2.90. The Labute approximate surface area is 98.2 Å². The van der Waals surface area contributed by atoms with Gasteiger partial charge < -0.3 is 10.5 Å². The van der Waals surface area contributed by atoms with E-state index in [2.05, 4.69) is 0 Å². The molecule has 3 nitrogen and oxygen atoms in total. The highest BCUT2D eigenvalue weighted by Crippen LogP contribution is 2.25. The zero-order chi connectivity index (χ0) is 12.3. The summed E-state index contributed by atoms with van der Waals surface area (Å²) in [5.41, 5.74) is 5.62. The van der Waals surface area contributed by atoms with Crippen molar-refractivity contribution in [3.8, 4) is 11.5 Å². The second-order valence-corrected chi connectivity index (χ2v) is 3.47. The standard InChI is InChI=1S/C13H11FN2O/c14-9-6-7-12(11(8-9)13(15)16)17-10-4-2-1-3-5-10/h1-8H,(H3,15,16). The number of nitrogens with one attached hydrogen (secondary N) is 1. The van der Waals surface area contributed by atoms with E-state index in [0.717, 1.165) is 0 Å². The van der Waals surface area contributed by atoms with Gasteiger partial charge in [0.05, 0.1) is 5.56 Å². The highest BCUT2D eigenvalue weighted by molar-refractivity contribution is 5.97. The molecule has 0 bridgehead atoms. The van der Waals surface area contributed by atoms with Crippen LogP contribution < -0.4 is 10.5 Å². The van der Waals surface area contributed by atoms with E-state index < -0.39 is 5.82 Å². The van der Waals surface area contributed by atoms with Gasteiger partial charge in [-0.15, -0.1) is 0 Å². The fraction of sp³-hybridized carbons (Fsp3) is 0. The molecule has 0 aromatic heterocycles. The van der Waals surface area contributed by atoms with Crippen LogP contribution in [0, 0.1) is 11.2 Å². The van der Waals surface area contributed by atoms with Gasteiger partial charge in [-0.25, -0.2) is 4.39 Å². The highest BCUT2D eigenvalue weighted by atomic mass is 19.1. The summed E-state index contributed by atoms with van der Waals surface area (Å²) in [5.74, 6) is 0.303. The molecular formula is C13H11FN2O. The smallest absolute Gasteiger partial charge is 0.138 e. The number of nitrogen functional groups attached to an aromatic ring is 1. The van der Waals surface area contributed by atoms with Gasteiger partial charge in [0.1, 0.15) is 23.2 Å². The van der Waals surface area contributed by atoms with E-state index in [-0.39, 0.29) is 11.4 Å². The third kappa shape index (κ3) is 2.60. The Kier molecular flexibility index (Phi) is 3.05. The number of hydrogen-bond acceptors (Lipinski definition) is 2. The molecule has 0 aliphatic heterocycles. The van der Waals surface area contributed by atoms with Crippen LogP contribution in [0.25, 0.3) is 0 Å². The fourth-order valence-corrected chi connectivity index (χ4v) is 1.42. The van der Waals surface area contributed by atoms with Gasteiger partial charge in [-0.1, -0.05) is 18.2 Å². The van der Waals surface area contributed by atoms with Gasteiger partial charge in [-0.2, -0.15) is 0 Å². The Bertz CT molecular complexity index is 540. The molecule has 0 saturated carbocycles. The second kappa shape index (κ2) is 4.65. The first-order valence-corrected chi connectivity index (χ1v) is 5.03. The van der Waals surface area contributed by atoms with Crippen molar-refractivity contribution in [3.05, 3.63) is 59.9 Å². The van der Waals surface area contributed by atoms with Crippen LogP contribution in [-0.2, 0) is 0 Å². The third-order valence-corrected chi connectivity index (χ3v) is 2.20. The van der Waals surface area contributed by atoms with Crippen LogP contribution in [0.4, 0.5) is 4.39 Å². The third-order valence-electron chi connectivity index (χ3n) is 2.20. The number of rotatable bonds is 3. The summed E-state index contributed by atoms with van der Waals surface area (Å²) < 4.78 is 18.6. The van der Waals surface area contributed by atoms with Crippen LogP contribution in [0.3, 0.4) is 0 Å². The molecule has 0 atom stereocenters. The lowest BCUT2D eigenvalue weighted by Gasteiger charge is -2.10. The molecule has 86 valence electrons. The van der Waals surface area contributed by atoms with E-state index in [1.807, 2.05) is 18.2 Å². The fourth-order valence-electron chi connectivity index (χ4n) is 1.42. The van der Waals surface area contributed by atoms with Crippen LogP contribution >= 0.6 is 0 Å². The molecule has 0 spiro atoms. The number of para-hydroxylation sites is 1. The quantitative estimate of drug-likeness (QED) is 0.629. The first kappa shape index (κ1) is 11.1. The van der Waals surface area contributed by atoms with Gasteiger partial charge >= 0.3 is 0 Å². The van der Waals surface area contributed by atoms with Crippen molar-refractivity contribution in [1.82, 2.24) is 0 Å². The Morgan fingerprint density at radius 2 is 1.82 bits per heavy atom. The SMILES string of the molecule is N=C(N)c1cc(F)ccc1Oc1ccccc1. The van der Waals surface area contributed by atoms with Crippen LogP contribution in [-0.4, -0.2) is 5.84 Å². The lowest BCUT2D eigenvalue weighted by molar-refractivity contribution is 0.479. The Balaban J connectivity index is 2.36. The summed E-state index contributed by atoms with van der Waals surface area (Å²) in [4.78, 5) is 0. The molecule has 2 aromatic carbocycles. The number of hydrogen-bond donors (Lipinski definition) is 2. The van der Waals surface area contributed by atoms with Crippen molar-refractivity contribution in [3.63, 3.8) is 0 Å². The van der Waals surface area contributed by atoms with E-state index in [9.17, 15) is 4.39 Å². The molecular weight excluding hydrogens is 219 g/mol. The summed E-state index contributed by atoms with van der Waals surface area (Å²) in [6, 6.07) is 13.0. The molecule has 0 aliphatic carbocycles. The van der Waals surface area contributed by atoms with Crippen molar-refractivity contribution in [2.24, 2.45) is 5.73 Å². The Hall–Kier alpha value is -2.36. The molecule has 4 heteroatoms. The van der Waals surface area contributed by atoms with Crippen molar-refractivity contribution < 1.29 is 9.13 Å². The molecule has 0 fully saturated rings. The second-order valence-electron chi connectivity index (χ2n) is 3.47. The molecule has 0 aliphatic rings. The number of amidine groups is 1. The zero-order valence-electron chi connectivity index (χ0n) is 8.98. The first-order chi connectivity index (χ1) is 8.16. The summed E-state index contributed by atoms with van der Waals surface area (Å²) in [6.07, 6.45) is 0. The predicted molar refractivity (Wildman–Crippen MR) is 63.9 cm³/mol. The van der Waals surface area contributed by atoms with Crippen molar-refractivity contribution in [1.29, 1.82) is 5.41 Å². The molecule has 0 saturated heterocycles. The van der Waals surface area contributed by atoms with Gasteiger partial charge in [0.25, 0.3) is 0 Å². The minimum absolute atomic E-state index is 0.226. The average Bonchev–Trinajstić information content (AvgIpc) is 2.32. The van der Waals surface area contributed by atoms with Crippen LogP contribution in [0.2, 0.25) is 0 Å². The van der Waals surface area contributed by atoms with Crippen LogP contribution in [0.5, 0.6) is 11.5 Å². The number of nitrogens with two attached hydrogens (primary N) is 1. The molecule has 2 aromatic rings. The largest absolute Gasteiger partial charge is 0.457 e. The van der Waals surface area contributed by atoms with Gasteiger partial charge in [0, 0.05) is 0 Å². The van der Waals surface area contributed by atoms with Crippen LogP contribution in [0.1, 0.15) is 5.56 Å². The summed E-state index contributed by atoms with van der Waals surface area (Å²) >= 11 is 0. The van der Waals surface area contributed by atoms with E-state index in [1.54, 1.807) is 12.1 Å². The molecule has 2 rings (SSSR count). The summed E-state index contributed by atoms with van der Waals surface area (Å²) in [6.45, 7) is 0. The minimum atomic E-state index is -0.449. The van der Waals surface area contributed by atoms with Gasteiger partial charge in [-0.05, 0) is 30.3 Å². The Morgan fingerprint density at radius 3 is 2.47 bits per heavy atom. The molecule has 0 amide bonds. The van der Waals surface area contributed by atoms with Crippen molar-refractivity contribution >= 4 is 5.84 Å². The first-order valence-electron chi connectivity index (χ1n) is 5.03. The average molecular weight is 230 g/mol. The molecule has 0 unspecified atom stereocenters. The zero-order valence-corrected chi connectivity index (χ0v) is 8.98. The van der Waals surface area contributed by atoms with E-state index >= 15 is 0 Å². The monoisotopic (exact) mass is 230 g/mol. The normalized spacial score (nSPS) is 9.94. The summed E-state index contributed by atoms with van der Waals surface area (Å²) in [7, 11) is 0. The van der Waals surface area contributed by atoms with Gasteiger partial charge in [-0.3, -0.25) is 5.41 Å². The lowest BCUT2D eigenvalue weighted by Crippen LogP contribution is -2.12.